The molecule has 4 heteroatoms. The summed E-state index contributed by atoms with van der Waals surface area (Å²) in [5.41, 5.74) is 7.25. The summed E-state index contributed by atoms with van der Waals surface area (Å²) in [5, 5.41) is 0. The van der Waals surface area contributed by atoms with Crippen molar-refractivity contribution in [1.82, 2.24) is 0 Å². The highest BCUT2D eigenvalue weighted by Gasteiger charge is 2.23. The number of halogens is 1. The second-order valence-corrected chi connectivity index (χ2v) is 4.99. The molecule has 0 aromatic heterocycles. The van der Waals surface area contributed by atoms with E-state index in [1.54, 1.807) is 14.2 Å². The van der Waals surface area contributed by atoms with Gasteiger partial charge < -0.3 is 15.2 Å². The van der Waals surface area contributed by atoms with Gasteiger partial charge in [-0.1, -0.05) is 20.8 Å². The van der Waals surface area contributed by atoms with Gasteiger partial charge in [-0.3, -0.25) is 0 Å². The highest BCUT2D eigenvalue weighted by molar-refractivity contribution is 5.85. The van der Waals surface area contributed by atoms with Gasteiger partial charge in [0.1, 0.15) is 11.5 Å². The lowest BCUT2D eigenvalue weighted by Gasteiger charge is -2.27. The molecule has 1 aromatic carbocycles. The van der Waals surface area contributed by atoms with E-state index in [0.717, 1.165) is 17.1 Å². The topological polar surface area (TPSA) is 44.5 Å². The Bertz CT molecular complexity index is 339. The maximum Gasteiger partial charge on any atom is 0.122 e. The van der Waals surface area contributed by atoms with Gasteiger partial charge in [0.2, 0.25) is 0 Å². The van der Waals surface area contributed by atoms with Crippen LogP contribution in [0.2, 0.25) is 0 Å². The van der Waals surface area contributed by atoms with Crippen molar-refractivity contribution >= 4 is 12.4 Å². The predicted octanol–water partition coefficient (Wildman–Crippen LogP) is 3.17. The monoisotopic (exact) mass is 259 g/mol. The Kier molecular flexibility index (Phi) is 5.79. The Labute approximate surface area is 110 Å². The summed E-state index contributed by atoms with van der Waals surface area (Å²) in [6.07, 6.45) is 0. The highest BCUT2D eigenvalue weighted by atomic mass is 35.5. The Hall–Kier alpha value is -0.930. The van der Waals surface area contributed by atoms with Gasteiger partial charge in [0.15, 0.2) is 0 Å². The third-order valence-corrected chi connectivity index (χ3v) is 2.67. The first-order chi connectivity index (χ1) is 7.38. The van der Waals surface area contributed by atoms with Crippen molar-refractivity contribution in [2.24, 2.45) is 11.1 Å². The summed E-state index contributed by atoms with van der Waals surface area (Å²) < 4.78 is 10.4. The molecule has 0 spiro atoms. The van der Waals surface area contributed by atoms with E-state index in [9.17, 15) is 0 Å². The van der Waals surface area contributed by atoms with E-state index in [0.29, 0.717) is 0 Å². The number of ether oxygens (including phenoxy) is 2. The number of nitrogens with two attached hydrogens (primary N) is 1. The van der Waals surface area contributed by atoms with Crippen LogP contribution in [0.25, 0.3) is 0 Å². The largest absolute Gasteiger partial charge is 0.497 e. The van der Waals surface area contributed by atoms with E-state index in [1.165, 1.54) is 0 Å². The Morgan fingerprint density at radius 3 is 1.71 bits per heavy atom. The lowest BCUT2D eigenvalue weighted by Crippen LogP contribution is -2.26. The second-order valence-electron chi connectivity index (χ2n) is 4.99. The molecule has 0 radical (unpaired) electrons. The average Bonchev–Trinajstić information content (AvgIpc) is 2.26. The molecule has 0 saturated carbocycles. The molecule has 0 aliphatic carbocycles. The second kappa shape index (κ2) is 6.12. The van der Waals surface area contributed by atoms with Crippen LogP contribution in [0.4, 0.5) is 0 Å². The van der Waals surface area contributed by atoms with Gasteiger partial charge in [-0.25, -0.2) is 0 Å². The zero-order valence-electron chi connectivity index (χ0n) is 11.1. The molecule has 1 atom stereocenters. The smallest absolute Gasteiger partial charge is 0.122 e. The summed E-state index contributed by atoms with van der Waals surface area (Å²) in [7, 11) is 3.28. The summed E-state index contributed by atoms with van der Waals surface area (Å²) in [6, 6.07) is 5.71. The normalized spacial score (nSPS) is 12.6. The number of rotatable bonds is 3. The Morgan fingerprint density at radius 2 is 1.41 bits per heavy atom. The lowest BCUT2D eigenvalue weighted by atomic mass is 9.83. The van der Waals surface area contributed by atoms with Gasteiger partial charge >= 0.3 is 0 Å². The summed E-state index contributed by atoms with van der Waals surface area (Å²) in [5.74, 6) is 1.54. The SMILES string of the molecule is COc1cc(OC)cc([C@H](N)C(C)(C)C)c1.Cl. The molecular formula is C13H22ClNO2. The number of hydrogen-bond acceptors (Lipinski definition) is 3. The fraction of sp³-hybridized carbons (Fsp3) is 0.538. The maximum absolute atomic E-state index is 6.21. The molecule has 1 aromatic rings. The fourth-order valence-electron chi connectivity index (χ4n) is 1.51. The molecule has 0 aliphatic rings. The van der Waals surface area contributed by atoms with Crippen molar-refractivity contribution in [3.63, 3.8) is 0 Å². The molecule has 0 bridgehead atoms. The molecule has 2 N–H and O–H groups in total. The Balaban J connectivity index is 0.00000256. The van der Waals surface area contributed by atoms with Crippen LogP contribution in [0, 0.1) is 5.41 Å². The highest BCUT2D eigenvalue weighted by Crippen LogP contribution is 2.34. The minimum absolute atomic E-state index is 0. The van der Waals surface area contributed by atoms with E-state index in [-0.39, 0.29) is 23.9 Å². The van der Waals surface area contributed by atoms with Crippen LogP contribution in [0.5, 0.6) is 11.5 Å². The third-order valence-electron chi connectivity index (χ3n) is 2.67. The van der Waals surface area contributed by atoms with Gasteiger partial charge in [0.05, 0.1) is 14.2 Å². The number of hydrogen-bond donors (Lipinski definition) is 1. The van der Waals surface area contributed by atoms with E-state index < -0.39 is 0 Å². The zero-order chi connectivity index (χ0) is 12.3. The van der Waals surface area contributed by atoms with E-state index in [4.69, 9.17) is 15.2 Å². The van der Waals surface area contributed by atoms with Crippen LogP contribution in [-0.2, 0) is 0 Å². The van der Waals surface area contributed by atoms with Gasteiger partial charge in [-0.15, -0.1) is 12.4 Å². The van der Waals surface area contributed by atoms with Crippen LogP contribution in [0.3, 0.4) is 0 Å². The molecule has 3 nitrogen and oxygen atoms in total. The first-order valence-corrected chi connectivity index (χ1v) is 5.37. The molecule has 0 fully saturated rings. The van der Waals surface area contributed by atoms with E-state index >= 15 is 0 Å². The van der Waals surface area contributed by atoms with Crippen LogP contribution < -0.4 is 15.2 Å². The van der Waals surface area contributed by atoms with Crippen molar-refractivity contribution < 1.29 is 9.47 Å². The quantitative estimate of drug-likeness (QED) is 0.907. The molecule has 0 unspecified atom stereocenters. The maximum atomic E-state index is 6.21. The van der Waals surface area contributed by atoms with Crippen LogP contribution in [0.15, 0.2) is 18.2 Å². The molecule has 17 heavy (non-hydrogen) atoms. The number of methoxy groups -OCH3 is 2. The van der Waals surface area contributed by atoms with Gasteiger partial charge in [0.25, 0.3) is 0 Å². The van der Waals surface area contributed by atoms with Crippen molar-refractivity contribution in [3.8, 4) is 11.5 Å². The minimum Gasteiger partial charge on any atom is -0.497 e. The van der Waals surface area contributed by atoms with Crippen molar-refractivity contribution in [2.75, 3.05) is 14.2 Å². The summed E-state index contributed by atoms with van der Waals surface area (Å²) in [4.78, 5) is 0. The lowest BCUT2D eigenvalue weighted by molar-refractivity contribution is 0.323. The number of benzene rings is 1. The molecule has 98 valence electrons. The molecule has 0 amide bonds. The first-order valence-electron chi connectivity index (χ1n) is 5.37. The van der Waals surface area contributed by atoms with Gasteiger partial charge in [0, 0.05) is 12.1 Å². The fourth-order valence-corrected chi connectivity index (χ4v) is 1.51. The van der Waals surface area contributed by atoms with E-state index in [2.05, 4.69) is 20.8 Å². The molecule has 0 heterocycles. The average molecular weight is 260 g/mol. The van der Waals surface area contributed by atoms with Gasteiger partial charge in [-0.2, -0.15) is 0 Å². The van der Waals surface area contributed by atoms with Crippen LogP contribution in [-0.4, -0.2) is 14.2 Å². The molecule has 0 aliphatic heterocycles. The van der Waals surface area contributed by atoms with Crippen molar-refractivity contribution in [3.05, 3.63) is 23.8 Å². The summed E-state index contributed by atoms with van der Waals surface area (Å²) >= 11 is 0. The zero-order valence-corrected chi connectivity index (χ0v) is 11.9. The van der Waals surface area contributed by atoms with Crippen LogP contribution in [0.1, 0.15) is 32.4 Å². The minimum atomic E-state index is -0.0449. The molecule has 0 saturated heterocycles. The van der Waals surface area contributed by atoms with Gasteiger partial charge in [-0.05, 0) is 23.1 Å². The molecule has 1 rings (SSSR count). The van der Waals surface area contributed by atoms with Crippen LogP contribution >= 0.6 is 12.4 Å². The summed E-state index contributed by atoms with van der Waals surface area (Å²) in [6.45, 7) is 6.34. The first kappa shape index (κ1) is 16.1. The van der Waals surface area contributed by atoms with E-state index in [1.807, 2.05) is 18.2 Å². The predicted molar refractivity (Wildman–Crippen MR) is 73.2 cm³/mol. The third kappa shape index (κ3) is 4.10. The van der Waals surface area contributed by atoms with Crippen molar-refractivity contribution in [1.29, 1.82) is 0 Å². The molecular weight excluding hydrogens is 238 g/mol. The Morgan fingerprint density at radius 1 is 1.00 bits per heavy atom. The standard InChI is InChI=1S/C13H21NO2.ClH/c1-13(2,3)12(14)9-6-10(15-4)8-11(7-9)16-5;/h6-8,12H,14H2,1-5H3;1H/t12-;/m0./s1. The van der Waals surface area contributed by atoms with Crippen molar-refractivity contribution in [2.45, 2.75) is 26.8 Å².